The number of nitrogens with one attached hydrogen (secondary N) is 1. The average Bonchev–Trinajstić information content (AvgIpc) is 2.95. The molecular formula is C16H21ClF3NO2. The summed E-state index contributed by atoms with van der Waals surface area (Å²) < 4.78 is 51.0. The SMILES string of the molecule is CC(C)OC[C@H](Oc1cccc(Cl)c1C(F)(F)F)[C@@H]1CCNC1. The summed E-state index contributed by atoms with van der Waals surface area (Å²) in [5.74, 6) is -0.136. The third kappa shape index (κ3) is 4.99. The second-order valence-electron chi connectivity index (χ2n) is 5.90. The molecule has 0 unspecified atom stereocenters. The zero-order valence-electron chi connectivity index (χ0n) is 13.1. The van der Waals surface area contributed by atoms with Gasteiger partial charge in [0.1, 0.15) is 17.4 Å². The maximum absolute atomic E-state index is 13.2. The molecule has 0 radical (unpaired) electrons. The lowest BCUT2D eigenvalue weighted by molar-refractivity contribution is -0.139. The molecule has 1 N–H and O–H groups in total. The third-order valence-corrected chi connectivity index (χ3v) is 4.07. The summed E-state index contributed by atoms with van der Waals surface area (Å²) in [6.07, 6.45) is -4.19. The van der Waals surface area contributed by atoms with Gasteiger partial charge < -0.3 is 14.8 Å². The smallest absolute Gasteiger partial charge is 0.421 e. The van der Waals surface area contributed by atoms with Crippen LogP contribution < -0.4 is 10.1 Å². The first-order chi connectivity index (χ1) is 10.8. The van der Waals surface area contributed by atoms with Crippen molar-refractivity contribution in [1.29, 1.82) is 0 Å². The van der Waals surface area contributed by atoms with E-state index in [0.717, 1.165) is 13.0 Å². The van der Waals surface area contributed by atoms with Crippen LogP contribution in [0, 0.1) is 5.92 Å². The summed E-state index contributed by atoms with van der Waals surface area (Å²) in [5, 5.41) is 2.84. The van der Waals surface area contributed by atoms with Gasteiger partial charge >= 0.3 is 6.18 Å². The van der Waals surface area contributed by atoms with E-state index < -0.39 is 17.8 Å². The Morgan fingerprint density at radius 3 is 2.65 bits per heavy atom. The molecule has 0 bridgehead atoms. The van der Waals surface area contributed by atoms with Crippen molar-refractivity contribution in [2.75, 3.05) is 19.7 Å². The maximum Gasteiger partial charge on any atom is 0.421 e. The number of alkyl halides is 3. The minimum Gasteiger partial charge on any atom is -0.487 e. The van der Waals surface area contributed by atoms with Crippen molar-refractivity contribution < 1.29 is 22.6 Å². The Bertz CT molecular complexity index is 517. The van der Waals surface area contributed by atoms with Gasteiger partial charge in [-0.3, -0.25) is 0 Å². The fourth-order valence-corrected chi connectivity index (χ4v) is 2.86. The van der Waals surface area contributed by atoms with Crippen molar-refractivity contribution in [3.8, 4) is 5.75 Å². The molecule has 23 heavy (non-hydrogen) atoms. The van der Waals surface area contributed by atoms with Crippen molar-refractivity contribution in [1.82, 2.24) is 5.32 Å². The number of hydrogen-bond acceptors (Lipinski definition) is 3. The molecule has 1 aliphatic heterocycles. The van der Waals surface area contributed by atoms with Crippen LogP contribution in [0.25, 0.3) is 0 Å². The lowest BCUT2D eigenvalue weighted by atomic mass is 10.0. The Morgan fingerprint density at radius 2 is 2.09 bits per heavy atom. The lowest BCUT2D eigenvalue weighted by Gasteiger charge is -2.27. The van der Waals surface area contributed by atoms with E-state index in [1.165, 1.54) is 18.2 Å². The van der Waals surface area contributed by atoms with Crippen LogP contribution in [-0.2, 0) is 10.9 Å². The van der Waals surface area contributed by atoms with Gasteiger partial charge in [0, 0.05) is 12.5 Å². The van der Waals surface area contributed by atoms with Gasteiger partial charge in [0.15, 0.2) is 0 Å². The summed E-state index contributed by atoms with van der Waals surface area (Å²) in [6, 6.07) is 3.98. The fourth-order valence-electron chi connectivity index (χ4n) is 2.59. The zero-order valence-corrected chi connectivity index (χ0v) is 13.9. The average molecular weight is 352 g/mol. The highest BCUT2D eigenvalue weighted by Crippen LogP contribution is 2.41. The van der Waals surface area contributed by atoms with Crippen molar-refractivity contribution in [2.45, 2.75) is 38.7 Å². The predicted molar refractivity (Wildman–Crippen MR) is 82.9 cm³/mol. The van der Waals surface area contributed by atoms with Gasteiger partial charge in [-0.05, 0) is 38.9 Å². The quantitative estimate of drug-likeness (QED) is 0.835. The molecule has 1 heterocycles. The van der Waals surface area contributed by atoms with Crippen molar-refractivity contribution in [2.24, 2.45) is 5.92 Å². The van der Waals surface area contributed by atoms with Crippen LogP contribution in [0.15, 0.2) is 18.2 Å². The molecule has 1 aliphatic rings. The number of halogens is 4. The molecule has 130 valence electrons. The van der Waals surface area contributed by atoms with Crippen LogP contribution in [0.4, 0.5) is 13.2 Å². The van der Waals surface area contributed by atoms with E-state index in [1.807, 2.05) is 13.8 Å². The zero-order chi connectivity index (χ0) is 17.0. The second-order valence-corrected chi connectivity index (χ2v) is 6.31. The maximum atomic E-state index is 13.2. The van der Waals surface area contributed by atoms with Crippen molar-refractivity contribution in [3.63, 3.8) is 0 Å². The lowest BCUT2D eigenvalue weighted by Crippen LogP contribution is -2.34. The number of benzene rings is 1. The summed E-state index contributed by atoms with van der Waals surface area (Å²) in [6.45, 7) is 5.53. The Morgan fingerprint density at radius 1 is 1.35 bits per heavy atom. The molecule has 2 rings (SSSR count). The highest BCUT2D eigenvalue weighted by Gasteiger charge is 2.38. The number of hydrogen-bond donors (Lipinski definition) is 1. The molecule has 0 saturated carbocycles. The van der Waals surface area contributed by atoms with Gasteiger partial charge in [0.05, 0.1) is 17.7 Å². The van der Waals surface area contributed by atoms with E-state index in [2.05, 4.69) is 5.32 Å². The van der Waals surface area contributed by atoms with Gasteiger partial charge in [-0.2, -0.15) is 13.2 Å². The van der Waals surface area contributed by atoms with Crippen LogP contribution in [-0.4, -0.2) is 31.9 Å². The molecule has 2 atom stereocenters. The molecule has 3 nitrogen and oxygen atoms in total. The van der Waals surface area contributed by atoms with E-state index in [4.69, 9.17) is 21.1 Å². The Labute approximate surface area is 139 Å². The summed E-state index contributed by atoms with van der Waals surface area (Å²) in [4.78, 5) is 0. The first-order valence-corrected chi connectivity index (χ1v) is 8.01. The molecule has 1 fully saturated rings. The predicted octanol–water partition coefficient (Wildman–Crippen LogP) is 4.14. The van der Waals surface area contributed by atoms with Crippen LogP contribution in [0.1, 0.15) is 25.8 Å². The third-order valence-electron chi connectivity index (χ3n) is 3.76. The second kappa shape index (κ2) is 7.73. The van der Waals surface area contributed by atoms with E-state index in [0.29, 0.717) is 6.54 Å². The number of rotatable bonds is 6. The van der Waals surface area contributed by atoms with Gasteiger partial charge in [0.25, 0.3) is 0 Å². The molecule has 0 spiro atoms. The van der Waals surface area contributed by atoms with Crippen LogP contribution >= 0.6 is 11.6 Å². The van der Waals surface area contributed by atoms with Gasteiger partial charge in [-0.1, -0.05) is 17.7 Å². The molecule has 7 heteroatoms. The van der Waals surface area contributed by atoms with Crippen LogP contribution in [0.2, 0.25) is 5.02 Å². The fraction of sp³-hybridized carbons (Fsp3) is 0.625. The molecule has 1 saturated heterocycles. The molecule has 1 aromatic rings. The highest BCUT2D eigenvalue weighted by molar-refractivity contribution is 6.31. The van der Waals surface area contributed by atoms with E-state index in [9.17, 15) is 13.2 Å². The van der Waals surface area contributed by atoms with Crippen molar-refractivity contribution >= 4 is 11.6 Å². The summed E-state index contributed by atoms with van der Waals surface area (Å²) >= 11 is 5.74. The van der Waals surface area contributed by atoms with Crippen molar-refractivity contribution in [3.05, 3.63) is 28.8 Å². The molecular weight excluding hydrogens is 331 g/mol. The van der Waals surface area contributed by atoms with Crippen LogP contribution in [0.3, 0.4) is 0 Å². The summed E-state index contributed by atoms with van der Waals surface area (Å²) in [7, 11) is 0. The molecule has 0 amide bonds. The minimum absolute atomic E-state index is 0.0167. The van der Waals surface area contributed by atoms with Gasteiger partial charge in [0.2, 0.25) is 0 Å². The standard InChI is InChI=1S/C16H21ClF3NO2/c1-10(2)22-9-14(11-6-7-21-8-11)23-13-5-3-4-12(17)15(13)16(18,19)20/h3-5,10-11,14,21H,6-9H2,1-2H3/t11-,14+/m1/s1. The Kier molecular flexibility index (Phi) is 6.17. The van der Waals surface area contributed by atoms with E-state index in [-0.39, 0.29) is 29.4 Å². The Balaban J connectivity index is 2.23. The Hall–Kier alpha value is -0.980. The molecule has 1 aromatic carbocycles. The monoisotopic (exact) mass is 351 g/mol. The van der Waals surface area contributed by atoms with Gasteiger partial charge in [-0.25, -0.2) is 0 Å². The minimum atomic E-state index is -4.56. The molecule has 0 aliphatic carbocycles. The first kappa shape index (κ1) is 18.4. The topological polar surface area (TPSA) is 30.5 Å². The van der Waals surface area contributed by atoms with E-state index >= 15 is 0 Å². The van der Waals surface area contributed by atoms with Crippen LogP contribution in [0.5, 0.6) is 5.75 Å². The normalized spacial score (nSPS) is 20.0. The first-order valence-electron chi connectivity index (χ1n) is 7.63. The van der Waals surface area contributed by atoms with Gasteiger partial charge in [-0.15, -0.1) is 0 Å². The molecule has 0 aromatic heterocycles. The number of ether oxygens (including phenoxy) is 2. The highest BCUT2D eigenvalue weighted by atomic mass is 35.5. The van der Waals surface area contributed by atoms with E-state index in [1.54, 1.807) is 0 Å². The summed E-state index contributed by atoms with van der Waals surface area (Å²) in [5.41, 5.74) is -0.929. The largest absolute Gasteiger partial charge is 0.487 e.